The molecule has 0 saturated heterocycles. The maximum atomic E-state index is 12.5. The molecule has 0 saturated carbocycles. The van der Waals surface area contributed by atoms with Crippen molar-refractivity contribution in [1.82, 2.24) is 20.2 Å². The number of hydrogen-bond donors (Lipinski definition) is 1. The molecule has 2 heterocycles. The fourth-order valence-electron chi connectivity index (χ4n) is 3.62. The predicted molar refractivity (Wildman–Crippen MR) is 129 cm³/mol. The van der Waals surface area contributed by atoms with E-state index in [1.165, 1.54) is 11.8 Å². The van der Waals surface area contributed by atoms with Gasteiger partial charge in [0, 0.05) is 37.9 Å². The van der Waals surface area contributed by atoms with Crippen LogP contribution in [0.15, 0.2) is 89.7 Å². The van der Waals surface area contributed by atoms with E-state index in [4.69, 9.17) is 9.15 Å². The Morgan fingerprint density at radius 3 is 2.38 bits per heavy atom. The van der Waals surface area contributed by atoms with Gasteiger partial charge < -0.3 is 14.5 Å². The van der Waals surface area contributed by atoms with Crippen molar-refractivity contribution in [2.45, 2.75) is 26.1 Å². The summed E-state index contributed by atoms with van der Waals surface area (Å²) in [5, 5.41) is 2.88. The molecular formula is C27H28N4O3. The standard InChI is InChI=1S/C27H28N4O3/c1-33-24-12-10-22(11-13-24)18-31(17-21-7-3-2-4-8-21)19-26-30-25(20-34-26)27(32)29-16-14-23-9-5-6-15-28-23/h2-13,15,20H,14,16-19H2,1H3,(H,29,32). The van der Waals surface area contributed by atoms with Gasteiger partial charge in [0.2, 0.25) is 5.89 Å². The van der Waals surface area contributed by atoms with Crippen LogP contribution in [0.2, 0.25) is 0 Å². The second-order valence-corrected chi connectivity index (χ2v) is 7.93. The Morgan fingerprint density at radius 2 is 1.68 bits per heavy atom. The normalized spacial score (nSPS) is 10.9. The molecule has 7 nitrogen and oxygen atoms in total. The van der Waals surface area contributed by atoms with Crippen LogP contribution in [0, 0.1) is 0 Å². The van der Waals surface area contributed by atoms with E-state index in [0.29, 0.717) is 31.9 Å². The lowest BCUT2D eigenvalue weighted by atomic mass is 10.1. The first-order valence-corrected chi connectivity index (χ1v) is 11.2. The molecule has 1 amide bonds. The first-order chi connectivity index (χ1) is 16.7. The molecule has 0 atom stereocenters. The smallest absolute Gasteiger partial charge is 0.273 e. The minimum Gasteiger partial charge on any atom is -0.497 e. The quantitative estimate of drug-likeness (QED) is 0.363. The van der Waals surface area contributed by atoms with E-state index in [1.807, 2.05) is 60.7 Å². The lowest BCUT2D eigenvalue weighted by Crippen LogP contribution is -2.26. The first-order valence-electron chi connectivity index (χ1n) is 11.2. The number of oxazole rings is 1. The summed E-state index contributed by atoms with van der Waals surface area (Å²) in [4.78, 5) is 23.4. The van der Waals surface area contributed by atoms with Crippen LogP contribution in [0.1, 0.15) is 33.2 Å². The number of pyridine rings is 1. The van der Waals surface area contributed by atoms with Crippen molar-refractivity contribution in [3.8, 4) is 5.75 Å². The maximum absolute atomic E-state index is 12.5. The summed E-state index contributed by atoms with van der Waals surface area (Å²) in [6.07, 6.45) is 3.82. The molecule has 1 N–H and O–H groups in total. The van der Waals surface area contributed by atoms with Crippen molar-refractivity contribution in [2.75, 3.05) is 13.7 Å². The third-order valence-electron chi connectivity index (χ3n) is 5.35. The fourth-order valence-corrected chi connectivity index (χ4v) is 3.62. The number of rotatable bonds is 11. The highest BCUT2D eigenvalue weighted by Gasteiger charge is 2.16. The molecule has 174 valence electrons. The zero-order valence-electron chi connectivity index (χ0n) is 19.2. The van der Waals surface area contributed by atoms with Gasteiger partial charge in [0.05, 0.1) is 13.7 Å². The maximum Gasteiger partial charge on any atom is 0.273 e. The van der Waals surface area contributed by atoms with Gasteiger partial charge in [0.1, 0.15) is 12.0 Å². The van der Waals surface area contributed by atoms with Crippen LogP contribution in [0.5, 0.6) is 5.75 Å². The number of amides is 1. The van der Waals surface area contributed by atoms with Gasteiger partial charge in [-0.1, -0.05) is 48.5 Å². The van der Waals surface area contributed by atoms with Gasteiger partial charge >= 0.3 is 0 Å². The van der Waals surface area contributed by atoms with E-state index in [1.54, 1.807) is 13.3 Å². The van der Waals surface area contributed by atoms with Gasteiger partial charge in [0.15, 0.2) is 5.69 Å². The molecule has 0 aliphatic rings. The van der Waals surface area contributed by atoms with Crippen molar-refractivity contribution in [1.29, 1.82) is 0 Å². The Balaban J connectivity index is 1.38. The Bertz CT molecular complexity index is 1160. The fraction of sp³-hybridized carbons (Fsp3) is 0.222. The molecule has 0 unspecified atom stereocenters. The summed E-state index contributed by atoms with van der Waals surface area (Å²) in [5.41, 5.74) is 3.55. The zero-order chi connectivity index (χ0) is 23.6. The number of methoxy groups -OCH3 is 1. The monoisotopic (exact) mass is 456 g/mol. The number of benzene rings is 2. The molecule has 0 radical (unpaired) electrons. The third-order valence-corrected chi connectivity index (χ3v) is 5.35. The summed E-state index contributed by atoms with van der Waals surface area (Å²) in [5.74, 6) is 1.07. The molecule has 0 aliphatic carbocycles. The highest BCUT2D eigenvalue weighted by Crippen LogP contribution is 2.17. The molecule has 0 spiro atoms. The highest BCUT2D eigenvalue weighted by molar-refractivity contribution is 5.91. The lowest BCUT2D eigenvalue weighted by molar-refractivity contribution is 0.0949. The number of nitrogens with one attached hydrogen (secondary N) is 1. The number of carbonyl (C=O) groups is 1. The number of carbonyl (C=O) groups excluding carboxylic acids is 1. The Labute approximate surface area is 199 Å². The van der Waals surface area contributed by atoms with E-state index >= 15 is 0 Å². The van der Waals surface area contributed by atoms with Gasteiger partial charge in [-0.3, -0.25) is 14.7 Å². The van der Waals surface area contributed by atoms with Crippen LogP contribution in [0.4, 0.5) is 0 Å². The number of ether oxygens (including phenoxy) is 1. The summed E-state index contributed by atoms with van der Waals surface area (Å²) in [7, 11) is 1.66. The van der Waals surface area contributed by atoms with Gasteiger partial charge in [-0.2, -0.15) is 0 Å². The molecule has 0 fully saturated rings. The summed E-state index contributed by atoms with van der Waals surface area (Å²) >= 11 is 0. The van der Waals surface area contributed by atoms with Gasteiger partial charge in [-0.05, 0) is 35.4 Å². The van der Waals surface area contributed by atoms with Crippen LogP contribution in [-0.4, -0.2) is 34.4 Å². The van der Waals surface area contributed by atoms with Crippen LogP contribution in [0.25, 0.3) is 0 Å². The molecule has 4 rings (SSSR count). The van der Waals surface area contributed by atoms with Crippen LogP contribution in [-0.2, 0) is 26.1 Å². The SMILES string of the molecule is COc1ccc(CN(Cc2ccccc2)Cc2nc(C(=O)NCCc3ccccn3)co2)cc1. The van der Waals surface area contributed by atoms with Crippen molar-refractivity contribution in [3.05, 3.63) is 114 Å². The minimum atomic E-state index is -0.254. The van der Waals surface area contributed by atoms with Crippen molar-refractivity contribution in [2.24, 2.45) is 0 Å². The predicted octanol–water partition coefficient (Wildman–Crippen LogP) is 4.25. The number of nitrogens with zero attached hydrogens (tertiary/aromatic N) is 3. The molecular weight excluding hydrogens is 428 g/mol. The average Bonchev–Trinajstić information content (AvgIpc) is 3.34. The Morgan fingerprint density at radius 1 is 0.941 bits per heavy atom. The van der Waals surface area contributed by atoms with Gasteiger partial charge in [-0.25, -0.2) is 4.98 Å². The Hall–Kier alpha value is -3.97. The van der Waals surface area contributed by atoms with Crippen LogP contribution in [0.3, 0.4) is 0 Å². The molecule has 4 aromatic rings. The zero-order valence-corrected chi connectivity index (χ0v) is 19.2. The van der Waals surface area contributed by atoms with Gasteiger partial charge in [-0.15, -0.1) is 0 Å². The largest absolute Gasteiger partial charge is 0.497 e. The molecule has 2 aromatic carbocycles. The average molecular weight is 457 g/mol. The van der Waals surface area contributed by atoms with Crippen molar-refractivity contribution >= 4 is 5.91 Å². The van der Waals surface area contributed by atoms with Crippen molar-refractivity contribution in [3.63, 3.8) is 0 Å². The third kappa shape index (κ3) is 6.76. The van der Waals surface area contributed by atoms with Crippen LogP contribution < -0.4 is 10.1 Å². The van der Waals surface area contributed by atoms with E-state index in [0.717, 1.165) is 23.6 Å². The first kappa shape index (κ1) is 23.2. The lowest BCUT2D eigenvalue weighted by Gasteiger charge is -2.21. The second kappa shape index (κ2) is 11.8. The number of hydrogen-bond acceptors (Lipinski definition) is 6. The summed E-state index contributed by atoms with van der Waals surface area (Å²) < 4.78 is 10.9. The van der Waals surface area contributed by atoms with Crippen LogP contribution >= 0.6 is 0 Å². The number of aromatic nitrogens is 2. The molecule has 2 aromatic heterocycles. The highest BCUT2D eigenvalue weighted by atomic mass is 16.5. The topological polar surface area (TPSA) is 80.5 Å². The minimum absolute atomic E-state index is 0.254. The van der Waals surface area contributed by atoms with Gasteiger partial charge in [0.25, 0.3) is 5.91 Å². The van der Waals surface area contributed by atoms with E-state index in [-0.39, 0.29) is 11.6 Å². The summed E-state index contributed by atoms with van der Waals surface area (Å²) in [6.45, 7) is 2.38. The Kier molecular flexibility index (Phi) is 8.03. The second-order valence-electron chi connectivity index (χ2n) is 7.93. The van der Waals surface area contributed by atoms with Crippen molar-refractivity contribution < 1.29 is 13.9 Å². The van der Waals surface area contributed by atoms with E-state index < -0.39 is 0 Å². The molecule has 0 aliphatic heterocycles. The molecule has 0 bridgehead atoms. The summed E-state index contributed by atoms with van der Waals surface area (Å²) in [6, 6.07) is 24.0. The van der Waals surface area contributed by atoms with E-state index in [9.17, 15) is 4.79 Å². The van der Waals surface area contributed by atoms with E-state index in [2.05, 4.69) is 32.3 Å². The molecule has 7 heteroatoms. The molecule has 34 heavy (non-hydrogen) atoms.